The van der Waals surface area contributed by atoms with Crippen LogP contribution in [0.5, 0.6) is 0 Å². The molecule has 6 heteroatoms. The first-order chi connectivity index (χ1) is 12.5. The highest BCUT2D eigenvalue weighted by molar-refractivity contribution is 6.05. The molecule has 0 aliphatic carbocycles. The predicted molar refractivity (Wildman–Crippen MR) is 102 cm³/mol. The van der Waals surface area contributed by atoms with E-state index in [2.05, 4.69) is 20.3 Å². The highest BCUT2D eigenvalue weighted by Gasteiger charge is 2.13. The van der Waals surface area contributed by atoms with Gasteiger partial charge in [-0.15, -0.1) is 0 Å². The fourth-order valence-electron chi connectivity index (χ4n) is 2.53. The van der Waals surface area contributed by atoms with Crippen molar-refractivity contribution in [1.82, 2.24) is 15.0 Å². The van der Waals surface area contributed by atoms with Crippen LogP contribution in [0.15, 0.2) is 55.0 Å². The van der Waals surface area contributed by atoms with Crippen LogP contribution in [0.4, 0.5) is 11.5 Å². The highest BCUT2D eigenvalue weighted by Crippen LogP contribution is 2.17. The predicted octanol–water partition coefficient (Wildman–Crippen LogP) is 3.38. The molecule has 0 aliphatic rings. The molecule has 2 heterocycles. The van der Waals surface area contributed by atoms with E-state index in [1.54, 1.807) is 42.7 Å². The molecule has 3 rings (SSSR count). The summed E-state index contributed by atoms with van der Waals surface area (Å²) in [4.78, 5) is 26.8. The summed E-state index contributed by atoms with van der Waals surface area (Å²) in [6.07, 6.45) is 4.99. The Hall–Kier alpha value is -3.28. The van der Waals surface area contributed by atoms with E-state index < -0.39 is 0 Å². The standard InChI is InChI=1S/C20H21N5O/c1-14-12-22-15(2)19(24-14)23-13-16-4-6-18(7-5-16)25(3)20(26)17-8-10-21-11-9-17/h4-12H,13H2,1-3H3,(H,23,24). The second kappa shape index (κ2) is 7.74. The molecule has 1 aromatic carbocycles. The lowest BCUT2D eigenvalue weighted by atomic mass is 10.1. The number of amides is 1. The van der Waals surface area contributed by atoms with Gasteiger partial charge in [-0.2, -0.15) is 0 Å². The molecule has 0 atom stereocenters. The number of carbonyl (C=O) groups is 1. The lowest BCUT2D eigenvalue weighted by Crippen LogP contribution is -2.26. The van der Waals surface area contributed by atoms with Crippen molar-refractivity contribution in [3.8, 4) is 0 Å². The summed E-state index contributed by atoms with van der Waals surface area (Å²) in [6.45, 7) is 4.49. The largest absolute Gasteiger partial charge is 0.364 e. The molecule has 0 spiro atoms. The molecule has 0 fully saturated rings. The minimum Gasteiger partial charge on any atom is -0.364 e. The average Bonchev–Trinajstić information content (AvgIpc) is 2.68. The number of rotatable bonds is 5. The Kier molecular flexibility index (Phi) is 5.22. The number of nitrogens with zero attached hydrogens (tertiary/aromatic N) is 4. The van der Waals surface area contributed by atoms with Gasteiger partial charge in [0.15, 0.2) is 0 Å². The van der Waals surface area contributed by atoms with Crippen molar-refractivity contribution in [3.05, 3.63) is 77.5 Å². The molecule has 0 saturated carbocycles. The lowest BCUT2D eigenvalue weighted by Gasteiger charge is -2.18. The molecule has 1 amide bonds. The van der Waals surface area contributed by atoms with E-state index in [4.69, 9.17) is 0 Å². The van der Waals surface area contributed by atoms with E-state index >= 15 is 0 Å². The first-order valence-corrected chi connectivity index (χ1v) is 8.36. The van der Waals surface area contributed by atoms with Gasteiger partial charge in [-0.1, -0.05) is 12.1 Å². The van der Waals surface area contributed by atoms with Crippen LogP contribution in [0.1, 0.15) is 27.3 Å². The molecule has 0 radical (unpaired) electrons. The third kappa shape index (κ3) is 4.03. The van der Waals surface area contributed by atoms with Crippen molar-refractivity contribution in [3.63, 3.8) is 0 Å². The molecule has 0 aliphatic heterocycles. The Morgan fingerprint density at radius 1 is 1.08 bits per heavy atom. The molecule has 1 N–H and O–H groups in total. The topological polar surface area (TPSA) is 71.0 Å². The van der Waals surface area contributed by atoms with Gasteiger partial charge in [-0.25, -0.2) is 4.98 Å². The Bertz CT molecular complexity index is 894. The Balaban J connectivity index is 1.66. The third-order valence-electron chi connectivity index (χ3n) is 4.09. The van der Waals surface area contributed by atoms with E-state index in [9.17, 15) is 4.79 Å². The van der Waals surface area contributed by atoms with Gasteiger partial charge in [0.05, 0.1) is 11.4 Å². The van der Waals surface area contributed by atoms with Crippen molar-refractivity contribution in [1.29, 1.82) is 0 Å². The van der Waals surface area contributed by atoms with Gasteiger partial charge in [0, 0.05) is 43.4 Å². The van der Waals surface area contributed by atoms with Crippen LogP contribution in [-0.2, 0) is 6.54 Å². The zero-order valence-electron chi connectivity index (χ0n) is 15.1. The number of nitrogens with one attached hydrogen (secondary N) is 1. The second-order valence-corrected chi connectivity index (χ2v) is 6.07. The van der Waals surface area contributed by atoms with Gasteiger partial charge in [-0.05, 0) is 43.7 Å². The fraction of sp³-hybridized carbons (Fsp3) is 0.200. The van der Waals surface area contributed by atoms with E-state index in [0.717, 1.165) is 28.5 Å². The lowest BCUT2D eigenvalue weighted by molar-refractivity contribution is 0.0993. The van der Waals surface area contributed by atoms with Gasteiger partial charge in [-0.3, -0.25) is 14.8 Å². The van der Waals surface area contributed by atoms with E-state index in [1.165, 1.54) is 0 Å². The van der Waals surface area contributed by atoms with Crippen LogP contribution < -0.4 is 10.2 Å². The minimum absolute atomic E-state index is 0.0658. The summed E-state index contributed by atoms with van der Waals surface area (Å²) >= 11 is 0. The molecule has 6 nitrogen and oxygen atoms in total. The molecule has 0 bridgehead atoms. The average molecular weight is 347 g/mol. The van der Waals surface area contributed by atoms with E-state index in [1.807, 2.05) is 38.1 Å². The summed E-state index contributed by atoms with van der Waals surface area (Å²) in [6, 6.07) is 11.3. The monoisotopic (exact) mass is 347 g/mol. The smallest absolute Gasteiger partial charge is 0.258 e. The van der Waals surface area contributed by atoms with Crippen molar-refractivity contribution in [2.24, 2.45) is 0 Å². The van der Waals surface area contributed by atoms with Gasteiger partial charge in [0.1, 0.15) is 5.82 Å². The zero-order valence-corrected chi connectivity index (χ0v) is 15.1. The van der Waals surface area contributed by atoms with Crippen molar-refractivity contribution >= 4 is 17.4 Å². The number of carbonyl (C=O) groups excluding carboxylic acids is 1. The molecule has 2 aromatic heterocycles. The Morgan fingerprint density at radius 2 is 1.77 bits per heavy atom. The van der Waals surface area contributed by atoms with Crippen molar-refractivity contribution < 1.29 is 4.79 Å². The molecule has 132 valence electrons. The van der Waals surface area contributed by atoms with Gasteiger partial charge in [0.25, 0.3) is 5.91 Å². The quantitative estimate of drug-likeness (QED) is 0.766. The van der Waals surface area contributed by atoms with Crippen LogP contribution >= 0.6 is 0 Å². The number of anilines is 2. The molecule has 0 unspecified atom stereocenters. The summed E-state index contributed by atoms with van der Waals surface area (Å²) in [5, 5.41) is 3.31. The molecular weight excluding hydrogens is 326 g/mol. The Labute approximate surface area is 153 Å². The van der Waals surface area contributed by atoms with Gasteiger partial charge >= 0.3 is 0 Å². The number of hydrogen-bond donors (Lipinski definition) is 1. The second-order valence-electron chi connectivity index (χ2n) is 6.07. The first-order valence-electron chi connectivity index (χ1n) is 8.36. The van der Waals surface area contributed by atoms with Crippen LogP contribution in [-0.4, -0.2) is 27.9 Å². The van der Waals surface area contributed by atoms with Crippen LogP contribution in [0.2, 0.25) is 0 Å². The summed E-state index contributed by atoms with van der Waals surface area (Å²) in [5.41, 5.74) is 4.30. The number of hydrogen-bond acceptors (Lipinski definition) is 5. The molecular formula is C20H21N5O. The van der Waals surface area contributed by atoms with Crippen molar-refractivity contribution in [2.75, 3.05) is 17.3 Å². The normalized spacial score (nSPS) is 10.4. The van der Waals surface area contributed by atoms with Gasteiger partial charge in [0.2, 0.25) is 0 Å². The summed E-state index contributed by atoms with van der Waals surface area (Å²) < 4.78 is 0. The zero-order chi connectivity index (χ0) is 18.5. The minimum atomic E-state index is -0.0658. The van der Waals surface area contributed by atoms with Crippen LogP contribution in [0.25, 0.3) is 0 Å². The number of benzene rings is 1. The van der Waals surface area contributed by atoms with Crippen molar-refractivity contribution in [2.45, 2.75) is 20.4 Å². The van der Waals surface area contributed by atoms with E-state index in [-0.39, 0.29) is 5.91 Å². The fourth-order valence-corrected chi connectivity index (χ4v) is 2.53. The third-order valence-corrected chi connectivity index (χ3v) is 4.09. The number of pyridine rings is 1. The SMILES string of the molecule is Cc1cnc(C)c(NCc2ccc(N(C)C(=O)c3ccncc3)cc2)n1. The molecule has 26 heavy (non-hydrogen) atoms. The Morgan fingerprint density at radius 3 is 2.46 bits per heavy atom. The molecule has 0 saturated heterocycles. The molecule has 3 aromatic rings. The summed E-state index contributed by atoms with van der Waals surface area (Å²) in [5.74, 6) is 0.725. The first kappa shape index (κ1) is 17.5. The maximum atomic E-state index is 12.5. The summed E-state index contributed by atoms with van der Waals surface area (Å²) in [7, 11) is 1.77. The highest BCUT2D eigenvalue weighted by atomic mass is 16.2. The van der Waals surface area contributed by atoms with E-state index in [0.29, 0.717) is 12.1 Å². The van der Waals surface area contributed by atoms with Crippen LogP contribution in [0.3, 0.4) is 0 Å². The number of aryl methyl sites for hydroxylation is 2. The maximum Gasteiger partial charge on any atom is 0.258 e. The number of aromatic nitrogens is 3. The van der Waals surface area contributed by atoms with Gasteiger partial charge < -0.3 is 10.2 Å². The maximum absolute atomic E-state index is 12.5. The van der Waals surface area contributed by atoms with Crippen LogP contribution in [0, 0.1) is 13.8 Å².